The van der Waals surface area contributed by atoms with Gasteiger partial charge in [0.25, 0.3) is 0 Å². The Balaban J connectivity index is 2.59. The average Bonchev–Trinajstić information content (AvgIpc) is 2.85. The smallest absolute Gasteiger partial charge is 0.416 e. The van der Waals surface area contributed by atoms with Crippen LogP contribution in [0, 0.1) is 0 Å². The van der Waals surface area contributed by atoms with Crippen molar-refractivity contribution in [1.82, 2.24) is 0 Å². The molecule has 0 saturated carbocycles. The van der Waals surface area contributed by atoms with Gasteiger partial charge in [0.05, 0.1) is 11.1 Å². The molecule has 2 aromatic rings. The first-order chi connectivity index (χ1) is 10.1. The van der Waals surface area contributed by atoms with Gasteiger partial charge in [-0.05, 0) is 30.3 Å². The highest BCUT2D eigenvalue weighted by atomic mass is 19.4. The normalized spacial score (nSPS) is 13.0. The molecule has 1 N–H and O–H groups in total. The van der Waals surface area contributed by atoms with Gasteiger partial charge in [0.2, 0.25) is 0 Å². The number of nitrogens with zero attached hydrogens (tertiary/aromatic N) is 1. The van der Waals surface area contributed by atoms with Crippen molar-refractivity contribution < 1.29 is 36.0 Å². The molecule has 9 heteroatoms. The van der Waals surface area contributed by atoms with Crippen LogP contribution in [-0.4, -0.2) is 11.4 Å². The molecule has 0 aliphatic heterocycles. The minimum atomic E-state index is -4.93. The van der Waals surface area contributed by atoms with Crippen molar-refractivity contribution in [2.45, 2.75) is 12.4 Å². The van der Waals surface area contributed by atoms with Crippen LogP contribution in [0.25, 0.3) is 11.3 Å². The summed E-state index contributed by atoms with van der Waals surface area (Å²) in [5.74, 6) is -0.241. The number of hydrogen-bond donors (Lipinski definition) is 1. The van der Waals surface area contributed by atoms with Gasteiger partial charge in [-0.3, -0.25) is 0 Å². The minimum Gasteiger partial charge on any atom is -0.455 e. The Morgan fingerprint density at radius 2 is 1.45 bits per heavy atom. The molecule has 0 fully saturated rings. The summed E-state index contributed by atoms with van der Waals surface area (Å²) < 4.78 is 81.4. The van der Waals surface area contributed by atoms with Gasteiger partial charge in [0, 0.05) is 5.56 Å². The lowest BCUT2D eigenvalue weighted by Crippen LogP contribution is -2.11. The third-order valence-electron chi connectivity index (χ3n) is 2.68. The summed E-state index contributed by atoms with van der Waals surface area (Å²) in [6, 6.07) is 3.54. The molecule has 0 aliphatic rings. The molecule has 2 rings (SSSR count). The van der Waals surface area contributed by atoms with Crippen LogP contribution >= 0.6 is 0 Å². The van der Waals surface area contributed by atoms with Crippen molar-refractivity contribution in [3.05, 3.63) is 47.2 Å². The summed E-state index contributed by atoms with van der Waals surface area (Å²) >= 11 is 0. The minimum absolute atomic E-state index is 0.0246. The van der Waals surface area contributed by atoms with Gasteiger partial charge in [0.15, 0.2) is 0 Å². The molecule has 0 saturated heterocycles. The van der Waals surface area contributed by atoms with Crippen LogP contribution in [0.2, 0.25) is 0 Å². The van der Waals surface area contributed by atoms with Crippen molar-refractivity contribution >= 4 is 6.21 Å². The van der Waals surface area contributed by atoms with E-state index in [0.717, 1.165) is 6.21 Å². The predicted octanol–water partition coefficient (Wildman–Crippen LogP) is 4.79. The lowest BCUT2D eigenvalue weighted by Gasteiger charge is -2.13. The number of furan rings is 1. The highest BCUT2D eigenvalue weighted by molar-refractivity contribution is 5.77. The van der Waals surface area contributed by atoms with Crippen LogP contribution in [-0.2, 0) is 12.4 Å². The van der Waals surface area contributed by atoms with E-state index in [0.29, 0.717) is 12.1 Å². The zero-order valence-corrected chi connectivity index (χ0v) is 10.5. The first kappa shape index (κ1) is 15.9. The van der Waals surface area contributed by atoms with Gasteiger partial charge < -0.3 is 9.62 Å². The quantitative estimate of drug-likeness (QED) is 0.374. The van der Waals surface area contributed by atoms with Crippen LogP contribution < -0.4 is 0 Å². The zero-order chi connectivity index (χ0) is 16.5. The van der Waals surface area contributed by atoms with Gasteiger partial charge >= 0.3 is 12.4 Å². The van der Waals surface area contributed by atoms with Gasteiger partial charge in [-0.25, -0.2) is 0 Å². The van der Waals surface area contributed by atoms with Crippen LogP contribution in [0.15, 0.2) is 39.9 Å². The second-order valence-corrected chi connectivity index (χ2v) is 4.24. The second kappa shape index (κ2) is 5.39. The molecule has 0 bridgehead atoms. The number of alkyl halides is 6. The zero-order valence-electron chi connectivity index (χ0n) is 10.5. The molecule has 0 unspecified atom stereocenters. The van der Waals surface area contributed by atoms with Crippen molar-refractivity contribution in [2.24, 2.45) is 5.16 Å². The Morgan fingerprint density at radius 1 is 0.909 bits per heavy atom. The van der Waals surface area contributed by atoms with E-state index in [-0.39, 0.29) is 23.2 Å². The van der Waals surface area contributed by atoms with E-state index in [4.69, 9.17) is 9.62 Å². The van der Waals surface area contributed by atoms with Gasteiger partial charge in [-0.2, -0.15) is 26.3 Å². The van der Waals surface area contributed by atoms with E-state index < -0.39 is 23.5 Å². The molecule has 1 aromatic carbocycles. The average molecular weight is 323 g/mol. The summed E-state index contributed by atoms with van der Waals surface area (Å²) in [6.45, 7) is 0. The van der Waals surface area contributed by atoms with Gasteiger partial charge in [0.1, 0.15) is 17.7 Å². The fourth-order valence-corrected chi connectivity index (χ4v) is 1.73. The Bertz CT molecular complexity index is 667. The highest BCUT2D eigenvalue weighted by Crippen LogP contribution is 2.38. The first-order valence-corrected chi connectivity index (χ1v) is 5.68. The maximum Gasteiger partial charge on any atom is 0.416 e. The molecule has 1 aromatic heterocycles. The monoisotopic (exact) mass is 323 g/mol. The van der Waals surface area contributed by atoms with E-state index in [2.05, 4.69) is 5.16 Å². The van der Waals surface area contributed by atoms with E-state index in [1.54, 1.807) is 0 Å². The fraction of sp³-hybridized carbons (Fsp3) is 0.154. The van der Waals surface area contributed by atoms with Crippen molar-refractivity contribution in [2.75, 3.05) is 0 Å². The lowest BCUT2D eigenvalue weighted by molar-refractivity contribution is -0.143. The van der Waals surface area contributed by atoms with E-state index in [1.165, 1.54) is 12.1 Å². The molecular formula is C13H7F6NO2. The summed E-state index contributed by atoms with van der Waals surface area (Å²) in [6.07, 6.45) is -9.02. The molecule has 0 amide bonds. The second-order valence-electron chi connectivity index (χ2n) is 4.24. The molecule has 3 nitrogen and oxygen atoms in total. The summed E-state index contributed by atoms with van der Waals surface area (Å²) in [5.41, 5.74) is -3.27. The van der Waals surface area contributed by atoms with E-state index >= 15 is 0 Å². The number of halogens is 6. The molecule has 118 valence electrons. The summed E-state index contributed by atoms with van der Waals surface area (Å²) in [7, 11) is 0. The molecule has 0 atom stereocenters. The van der Waals surface area contributed by atoms with Crippen LogP contribution in [0.1, 0.15) is 16.9 Å². The first-order valence-electron chi connectivity index (χ1n) is 5.68. The number of rotatable bonds is 2. The molecule has 1 heterocycles. The van der Waals surface area contributed by atoms with Crippen LogP contribution in [0.4, 0.5) is 26.3 Å². The van der Waals surface area contributed by atoms with Gasteiger partial charge in [-0.1, -0.05) is 5.16 Å². The molecule has 0 aliphatic carbocycles. The summed E-state index contributed by atoms with van der Waals surface area (Å²) in [4.78, 5) is 0. The lowest BCUT2D eigenvalue weighted by atomic mass is 10.0. The SMILES string of the molecule is O/N=C\c1ccc(-c2cc(C(F)(F)F)cc(C(F)(F)F)c2)o1. The largest absolute Gasteiger partial charge is 0.455 e. The van der Waals surface area contributed by atoms with Crippen LogP contribution in [0.5, 0.6) is 0 Å². The Hall–Kier alpha value is -2.45. The fourth-order valence-electron chi connectivity index (χ4n) is 1.73. The van der Waals surface area contributed by atoms with E-state index in [1.807, 2.05) is 0 Å². The number of oxime groups is 1. The van der Waals surface area contributed by atoms with Crippen molar-refractivity contribution in [3.63, 3.8) is 0 Å². The van der Waals surface area contributed by atoms with Crippen molar-refractivity contribution in [1.29, 1.82) is 0 Å². The molecular weight excluding hydrogens is 316 g/mol. The third kappa shape index (κ3) is 3.41. The topological polar surface area (TPSA) is 45.7 Å². The predicted molar refractivity (Wildman–Crippen MR) is 63.5 cm³/mol. The number of benzene rings is 1. The Kier molecular flexibility index (Phi) is 3.90. The third-order valence-corrected chi connectivity index (χ3v) is 2.68. The molecule has 22 heavy (non-hydrogen) atoms. The highest BCUT2D eigenvalue weighted by Gasteiger charge is 2.37. The standard InChI is InChI=1S/C13H7F6NO2/c14-12(15,16)8-3-7(4-9(5-8)13(17,18)19)11-2-1-10(22-11)6-20-21/h1-6,21H/b20-6-. The van der Waals surface area contributed by atoms with Gasteiger partial charge in [-0.15, -0.1) is 0 Å². The van der Waals surface area contributed by atoms with Crippen molar-refractivity contribution in [3.8, 4) is 11.3 Å². The Morgan fingerprint density at radius 3 is 1.91 bits per heavy atom. The maximum atomic E-state index is 12.7. The molecule has 0 spiro atoms. The molecule has 0 radical (unpaired) electrons. The summed E-state index contributed by atoms with van der Waals surface area (Å²) in [5, 5.41) is 11.0. The number of hydrogen-bond acceptors (Lipinski definition) is 3. The maximum absolute atomic E-state index is 12.7. The Labute approximate surface area is 119 Å². The van der Waals surface area contributed by atoms with Crippen LogP contribution in [0.3, 0.4) is 0 Å². The van der Waals surface area contributed by atoms with E-state index in [9.17, 15) is 26.3 Å².